The van der Waals surface area contributed by atoms with Gasteiger partial charge in [0.25, 0.3) is 16.7 Å². The summed E-state index contributed by atoms with van der Waals surface area (Å²) in [4.78, 5) is 34.5. The number of hydrogen-bond donors (Lipinski definition) is 0. The third kappa shape index (κ3) is 5.90. The van der Waals surface area contributed by atoms with E-state index in [1.165, 1.54) is 18.2 Å². The van der Waals surface area contributed by atoms with Crippen LogP contribution >= 0.6 is 0 Å². The molecule has 0 radical (unpaired) electrons. The quantitative estimate of drug-likeness (QED) is 0.309. The minimum atomic E-state index is -0.0550. The molecule has 6 aromatic rings. The highest BCUT2D eigenvalue weighted by atomic mass is 16.5. The van der Waals surface area contributed by atoms with Crippen LogP contribution in [0.1, 0.15) is 0 Å². The number of hydrogen-bond acceptors (Lipinski definition) is 6. The lowest BCUT2D eigenvalue weighted by atomic mass is 10.2. The summed E-state index contributed by atoms with van der Waals surface area (Å²) in [7, 11) is 9.97. The molecule has 0 aliphatic heterocycles. The second-order valence-electron chi connectivity index (χ2n) is 9.38. The fourth-order valence-corrected chi connectivity index (χ4v) is 4.65. The van der Waals surface area contributed by atoms with E-state index in [4.69, 9.17) is 14.2 Å². The molecular weight excluding hydrogens is 534 g/mol. The molecule has 0 fully saturated rings. The van der Waals surface area contributed by atoms with Crippen LogP contribution in [0.25, 0.3) is 32.7 Å². The molecule has 0 saturated heterocycles. The molecule has 3 heterocycles. The standard InChI is InChI=1S/3C11H11NO2/c3*1-12-9-6-4-3-5-8(9)10(14-2)7-11(12)13/h3*3-7H,1-2H3. The number of nitrogens with zero attached hydrogens (tertiary/aromatic N) is 3. The van der Waals surface area contributed by atoms with E-state index in [0.29, 0.717) is 17.2 Å². The lowest BCUT2D eigenvalue weighted by Gasteiger charge is -2.08. The predicted octanol–water partition coefficient (Wildman–Crippen LogP) is 4.64. The van der Waals surface area contributed by atoms with E-state index in [9.17, 15) is 14.4 Å². The van der Waals surface area contributed by atoms with Gasteiger partial charge in [-0.2, -0.15) is 0 Å². The summed E-state index contributed by atoms with van der Waals surface area (Å²) < 4.78 is 20.3. The van der Waals surface area contributed by atoms with Crippen molar-refractivity contribution >= 4 is 32.7 Å². The number of fused-ring (bicyclic) bond motifs is 3. The fraction of sp³-hybridized carbons (Fsp3) is 0.182. The molecule has 3 aromatic carbocycles. The monoisotopic (exact) mass is 567 g/mol. The second kappa shape index (κ2) is 12.9. The van der Waals surface area contributed by atoms with E-state index in [2.05, 4.69) is 0 Å². The van der Waals surface area contributed by atoms with Crippen LogP contribution in [0.4, 0.5) is 0 Å². The van der Waals surface area contributed by atoms with E-state index < -0.39 is 0 Å². The molecular formula is C33H33N3O6. The summed E-state index contributed by atoms with van der Waals surface area (Å²) in [6.07, 6.45) is 0. The van der Waals surface area contributed by atoms with Gasteiger partial charge in [0.2, 0.25) is 0 Å². The zero-order chi connectivity index (χ0) is 30.4. The van der Waals surface area contributed by atoms with Crippen molar-refractivity contribution in [1.82, 2.24) is 13.7 Å². The van der Waals surface area contributed by atoms with Crippen LogP contribution < -0.4 is 30.9 Å². The van der Waals surface area contributed by atoms with Crippen LogP contribution in [-0.2, 0) is 21.1 Å². The van der Waals surface area contributed by atoms with Crippen molar-refractivity contribution in [3.8, 4) is 17.2 Å². The Hall–Kier alpha value is -5.31. The van der Waals surface area contributed by atoms with Gasteiger partial charge in [0.05, 0.1) is 37.9 Å². The molecule has 0 atom stereocenters. The molecule has 216 valence electrons. The number of methoxy groups -OCH3 is 3. The lowest BCUT2D eigenvalue weighted by molar-refractivity contribution is 0.418. The zero-order valence-electron chi connectivity index (χ0n) is 24.5. The number of aromatic nitrogens is 3. The molecule has 0 N–H and O–H groups in total. The van der Waals surface area contributed by atoms with Crippen LogP contribution in [0, 0.1) is 0 Å². The van der Waals surface area contributed by atoms with Crippen LogP contribution in [0.5, 0.6) is 17.2 Å². The Bertz CT molecular complexity index is 1820. The minimum absolute atomic E-state index is 0.0550. The Balaban J connectivity index is 0.000000145. The van der Waals surface area contributed by atoms with Gasteiger partial charge in [-0.3, -0.25) is 14.4 Å². The van der Waals surface area contributed by atoms with Crippen molar-refractivity contribution in [2.75, 3.05) is 21.3 Å². The van der Waals surface area contributed by atoms with Crippen LogP contribution in [0.15, 0.2) is 105 Å². The molecule has 0 spiro atoms. The zero-order valence-corrected chi connectivity index (χ0v) is 24.5. The van der Waals surface area contributed by atoms with Gasteiger partial charge in [-0.15, -0.1) is 0 Å². The van der Waals surface area contributed by atoms with Crippen molar-refractivity contribution in [2.45, 2.75) is 0 Å². The molecule has 0 aliphatic rings. The van der Waals surface area contributed by atoms with Gasteiger partial charge in [-0.05, 0) is 36.4 Å². The molecule has 0 amide bonds. The van der Waals surface area contributed by atoms with Crippen LogP contribution in [-0.4, -0.2) is 35.0 Å². The Morgan fingerprint density at radius 1 is 0.429 bits per heavy atom. The first-order valence-electron chi connectivity index (χ1n) is 13.1. The first kappa shape index (κ1) is 29.7. The Morgan fingerprint density at radius 2 is 0.667 bits per heavy atom. The van der Waals surface area contributed by atoms with E-state index >= 15 is 0 Å². The third-order valence-electron chi connectivity index (χ3n) is 7.01. The molecule has 0 saturated carbocycles. The van der Waals surface area contributed by atoms with Gasteiger partial charge >= 0.3 is 0 Å². The van der Waals surface area contributed by atoms with Gasteiger partial charge in [-0.1, -0.05) is 36.4 Å². The highest BCUT2D eigenvalue weighted by Gasteiger charge is 2.07. The number of ether oxygens (including phenoxy) is 3. The molecule has 0 unspecified atom stereocenters. The van der Waals surface area contributed by atoms with Gasteiger partial charge in [0, 0.05) is 55.5 Å². The van der Waals surface area contributed by atoms with E-state index in [1.54, 1.807) is 56.2 Å². The molecule has 9 nitrogen and oxygen atoms in total. The predicted molar refractivity (Wildman–Crippen MR) is 167 cm³/mol. The normalized spacial score (nSPS) is 10.4. The van der Waals surface area contributed by atoms with E-state index in [-0.39, 0.29) is 16.7 Å². The number of aryl methyl sites for hydroxylation is 3. The summed E-state index contributed by atoms with van der Waals surface area (Å²) in [5.74, 6) is 1.89. The molecule has 6 rings (SSSR count). The molecule has 9 heteroatoms. The van der Waals surface area contributed by atoms with Crippen molar-refractivity contribution in [3.05, 3.63) is 122 Å². The minimum Gasteiger partial charge on any atom is -0.496 e. The fourth-order valence-electron chi connectivity index (χ4n) is 4.65. The number of benzene rings is 3. The Kier molecular flexibility index (Phi) is 9.12. The number of pyridine rings is 3. The van der Waals surface area contributed by atoms with Crippen LogP contribution in [0.2, 0.25) is 0 Å². The van der Waals surface area contributed by atoms with Gasteiger partial charge in [-0.25, -0.2) is 0 Å². The maximum atomic E-state index is 11.5. The highest BCUT2D eigenvalue weighted by Crippen LogP contribution is 2.24. The summed E-state index contributed by atoms with van der Waals surface area (Å²) in [5.41, 5.74) is 2.49. The second-order valence-corrected chi connectivity index (χ2v) is 9.38. The maximum absolute atomic E-state index is 11.5. The first-order valence-corrected chi connectivity index (χ1v) is 13.1. The number of rotatable bonds is 3. The third-order valence-corrected chi connectivity index (χ3v) is 7.01. The summed E-state index contributed by atoms with van der Waals surface area (Å²) in [5, 5.41) is 2.87. The topological polar surface area (TPSA) is 93.7 Å². The van der Waals surface area contributed by atoms with Crippen molar-refractivity contribution in [1.29, 1.82) is 0 Å². The molecule has 0 aliphatic carbocycles. The largest absolute Gasteiger partial charge is 0.496 e. The maximum Gasteiger partial charge on any atom is 0.254 e. The van der Waals surface area contributed by atoms with E-state index in [1.807, 2.05) is 72.8 Å². The molecule has 3 aromatic heterocycles. The van der Waals surface area contributed by atoms with Crippen molar-refractivity contribution < 1.29 is 14.2 Å². The Morgan fingerprint density at radius 3 is 0.905 bits per heavy atom. The number of para-hydroxylation sites is 3. The SMILES string of the molecule is COc1cc(=O)n(C)c2ccccc12.COc1cc(=O)n(C)c2ccccc12.COc1cc(=O)n(C)c2ccccc12. The average molecular weight is 568 g/mol. The Labute approximate surface area is 242 Å². The smallest absolute Gasteiger partial charge is 0.254 e. The van der Waals surface area contributed by atoms with Crippen LogP contribution in [0.3, 0.4) is 0 Å². The summed E-state index contributed by atoms with van der Waals surface area (Å²) in [6, 6.07) is 27.5. The lowest BCUT2D eigenvalue weighted by Crippen LogP contribution is -2.16. The van der Waals surface area contributed by atoms with Gasteiger partial charge < -0.3 is 27.9 Å². The molecule has 42 heavy (non-hydrogen) atoms. The van der Waals surface area contributed by atoms with Crippen molar-refractivity contribution in [2.24, 2.45) is 21.1 Å². The van der Waals surface area contributed by atoms with Gasteiger partial charge in [0.1, 0.15) is 17.2 Å². The average Bonchev–Trinajstić information content (AvgIpc) is 3.03. The summed E-state index contributed by atoms with van der Waals surface area (Å²) >= 11 is 0. The highest BCUT2D eigenvalue weighted by molar-refractivity contribution is 5.86. The van der Waals surface area contributed by atoms with Gasteiger partial charge in [0.15, 0.2) is 0 Å². The summed E-state index contributed by atoms with van der Waals surface area (Å²) in [6.45, 7) is 0. The first-order chi connectivity index (χ1) is 20.2. The van der Waals surface area contributed by atoms with E-state index in [0.717, 1.165) is 32.7 Å². The van der Waals surface area contributed by atoms with Crippen molar-refractivity contribution in [3.63, 3.8) is 0 Å². The molecule has 0 bridgehead atoms.